The fourth-order valence-electron chi connectivity index (χ4n) is 5.31. The number of hydrogen-bond donors (Lipinski definition) is 2. The number of hydrogen-bond acceptors (Lipinski definition) is 12. The summed E-state index contributed by atoms with van der Waals surface area (Å²) in [6, 6.07) is 0. The smallest absolute Gasteiger partial charge is 0.350 e. The fraction of sp³-hybridized carbons (Fsp3) is 0.773. The number of carbonyl (C=O) groups is 5. The minimum Gasteiger partial charge on any atom is -0.456 e. The van der Waals surface area contributed by atoms with Gasteiger partial charge in [-0.2, -0.15) is 0 Å². The van der Waals surface area contributed by atoms with Gasteiger partial charge >= 0.3 is 23.9 Å². The summed E-state index contributed by atoms with van der Waals surface area (Å²) in [5.74, 6) is -8.03. The number of aliphatic hydroxyl groups is 1. The van der Waals surface area contributed by atoms with E-state index < -0.39 is 86.9 Å². The molecule has 0 spiro atoms. The molecule has 1 saturated carbocycles. The first kappa shape index (κ1) is 30.6. The summed E-state index contributed by atoms with van der Waals surface area (Å²) in [4.78, 5) is 63.2. The Kier molecular flexibility index (Phi) is 8.27. The van der Waals surface area contributed by atoms with E-state index in [1.54, 1.807) is 13.8 Å². The second-order valence-electron chi connectivity index (χ2n) is 9.91. The Morgan fingerprint density at radius 1 is 0.974 bits per heavy atom. The van der Waals surface area contributed by atoms with Gasteiger partial charge in [0.25, 0.3) is 9.70 Å². The molecule has 0 aromatic heterocycles. The molecule has 3 rings (SSSR count). The maximum atomic E-state index is 13.3. The molecule has 2 aliphatic heterocycles. The van der Waals surface area contributed by atoms with Gasteiger partial charge in [-0.1, -0.05) is 34.8 Å². The summed E-state index contributed by atoms with van der Waals surface area (Å²) in [6.45, 7) is 7.14. The van der Waals surface area contributed by atoms with Crippen LogP contribution in [0.1, 0.15) is 41.5 Å². The van der Waals surface area contributed by atoms with Crippen LogP contribution in [0.15, 0.2) is 0 Å². The SMILES string of the molecule is CC(=O)O[C@@H]1C(=O)O[C@@H]2[C@H]([C@H]3COC(C)(C)O3)[C@@]1(NC(=O)C(Cl)(Cl)Cl)[C@H](OC(C)=O)[C@H](OC(C)=O)[C@@]2(C)O. The van der Waals surface area contributed by atoms with Crippen LogP contribution in [0.25, 0.3) is 0 Å². The first-order chi connectivity index (χ1) is 17.2. The minimum absolute atomic E-state index is 0.176. The average Bonchev–Trinajstić information content (AvgIpc) is 3.09. The highest BCUT2D eigenvalue weighted by Crippen LogP contribution is 2.53. The maximum Gasteiger partial charge on any atom is 0.350 e. The second kappa shape index (κ2) is 10.3. The molecule has 0 unspecified atom stereocenters. The highest BCUT2D eigenvalue weighted by Gasteiger charge is 2.78. The van der Waals surface area contributed by atoms with E-state index >= 15 is 0 Å². The maximum absolute atomic E-state index is 13.3. The Labute approximate surface area is 232 Å². The van der Waals surface area contributed by atoms with Crippen molar-refractivity contribution in [3.63, 3.8) is 0 Å². The lowest BCUT2D eigenvalue weighted by atomic mass is 9.56. The summed E-state index contributed by atoms with van der Waals surface area (Å²) in [6.07, 6.45) is -8.46. The number of rotatable bonds is 5. The molecule has 8 atom stereocenters. The summed E-state index contributed by atoms with van der Waals surface area (Å²) >= 11 is 17.5. The third-order valence-corrected chi connectivity index (χ3v) is 7.07. The number of alkyl halides is 3. The fourth-order valence-corrected chi connectivity index (χ4v) is 5.45. The summed E-state index contributed by atoms with van der Waals surface area (Å²) < 4.78 is 30.8. The molecule has 0 radical (unpaired) electrons. The van der Waals surface area contributed by atoms with Crippen LogP contribution in [-0.2, 0) is 52.4 Å². The standard InChI is InChI=1S/C22H28Cl3NO12/c1-8(27)34-14-15(35-9(2)28)21(26-18(31)22(23,24)25)12(11-7-33-19(4,5)38-11)13(20(14,6)32)37-17(30)16(21)36-10(3)29/h11-16,32H,7H2,1-6H3,(H,26,31)/t11-,12+,13-,14+,15-,16-,20+,21-/m1/s1. The zero-order valence-electron chi connectivity index (χ0n) is 21.2. The summed E-state index contributed by atoms with van der Waals surface area (Å²) in [5, 5.41) is 14.1. The number of nitrogens with one attached hydrogen (secondary N) is 1. The third-order valence-electron chi connectivity index (χ3n) is 6.55. The van der Waals surface area contributed by atoms with Crippen LogP contribution < -0.4 is 5.32 Å². The molecule has 3 fully saturated rings. The molecule has 0 aromatic carbocycles. The minimum atomic E-state index is -2.64. The van der Waals surface area contributed by atoms with Crippen molar-refractivity contribution in [1.29, 1.82) is 0 Å². The van der Waals surface area contributed by atoms with Crippen LogP contribution in [0, 0.1) is 5.92 Å². The topological polar surface area (TPSA) is 173 Å². The van der Waals surface area contributed by atoms with Gasteiger partial charge in [0.2, 0.25) is 6.10 Å². The molecular formula is C22H28Cl3NO12. The summed E-state index contributed by atoms with van der Waals surface area (Å²) in [7, 11) is 0. The van der Waals surface area contributed by atoms with Gasteiger partial charge in [-0.3, -0.25) is 19.2 Å². The molecule has 2 saturated heterocycles. The number of halogens is 3. The molecule has 1 amide bonds. The highest BCUT2D eigenvalue weighted by molar-refractivity contribution is 6.76. The second-order valence-corrected chi connectivity index (χ2v) is 12.2. The number of ether oxygens (including phenoxy) is 6. The van der Waals surface area contributed by atoms with Gasteiger partial charge in [0.15, 0.2) is 18.0 Å². The van der Waals surface area contributed by atoms with Crippen molar-refractivity contribution < 1.29 is 57.5 Å². The van der Waals surface area contributed by atoms with Crippen LogP contribution in [-0.4, -0.2) is 92.7 Å². The van der Waals surface area contributed by atoms with Crippen molar-refractivity contribution in [2.24, 2.45) is 5.92 Å². The Hall–Kier alpha value is -1.90. The average molecular weight is 605 g/mol. The van der Waals surface area contributed by atoms with Gasteiger partial charge in [0, 0.05) is 20.8 Å². The third kappa shape index (κ3) is 5.54. The Bertz CT molecular complexity index is 1030. The van der Waals surface area contributed by atoms with Crippen LogP contribution in [0.3, 0.4) is 0 Å². The van der Waals surface area contributed by atoms with Crippen LogP contribution in [0.4, 0.5) is 0 Å². The largest absolute Gasteiger partial charge is 0.456 e. The normalized spacial score (nSPS) is 38.0. The molecule has 3 aliphatic rings. The predicted octanol–water partition coefficient (Wildman–Crippen LogP) is 0.464. The predicted molar refractivity (Wildman–Crippen MR) is 127 cm³/mol. The molecule has 0 aromatic rings. The first-order valence-corrected chi connectivity index (χ1v) is 12.5. The zero-order valence-corrected chi connectivity index (χ0v) is 23.5. The Morgan fingerprint density at radius 2 is 1.50 bits per heavy atom. The van der Waals surface area contributed by atoms with Gasteiger partial charge in [-0.05, 0) is 20.8 Å². The molecule has 214 valence electrons. The van der Waals surface area contributed by atoms with E-state index in [0.29, 0.717) is 0 Å². The number of fused-ring (bicyclic) bond motifs is 2. The Morgan fingerprint density at radius 3 is 1.95 bits per heavy atom. The zero-order chi connectivity index (χ0) is 29.0. The molecule has 1 aliphatic carbocycles. The molecule has 2 bridgehead atoms. The lowest BCUT2D eigenvalue weighted by Gasteiger charge is -2.62. The molecule has 13 nitrogen and oxygen atoms in total. The van der Waals surface area contributed by atoms with Crippen molar-refractivity contribution in [2.45, 2.75) is 92.8 Å². The van der Waals surface area contributed by atoms with Crippen LogP contribution in [0.5, 0.6) is 0 Å². The van der Waals surface area contributed by atoms with Crippen molar-refractivity contribution >= 4 is 64.6 Å². The van der Waals surface area contributed by atoms with E-state index in [4.69, 9.17) is 63.2 Å². The van der Waals surface area contributed by atoms with Crippen molar-refractivity contribution in [3.05, 3.63) is 0 Å². The quantitative estimate of drug-likeness (QED) is 0.253. The lowest BCUT2D eigenvalue weighted by Crippen LogP contribution is -2.87. The molecule has 2 heterocycles. The Balaban J connectivity index is 2.40. The van der Waals surface area contributed by atoms with E-state index in [0.717, 1.165) is 20.8 Å². The van der Waals surface area contributed by atoms with E-state index in [-0.39, 0.29) is 6.61 Å². The van der Waals surface area contributed by atoms with Crippen molar-refractivity contribution in [2.75, 3.05) is 6.61 Å². The van der Waals surface area contributed by atoms with Crippen LogP contribution in [0.2, 0.25) is 0 Å². The van der Waals surface area contributed by atoms with E-state index in [2.05, 4.69) is 5.32 Å². The van der Waals surface area contributed by atoms with Crippen molar-refractivity contribution in [1.82, 2.24) is 5.32 Å². The molecule has 38 heavy (non-hydrogen) atoms. The van der Waals surface area contributed by atoms with Gasteiger partial charge in [0.1, 0.15) is 17.2 Å². The van der Waals surface area contributed by atoms with Gasteiger partial charge in [0.05, 0.1) is 18.6 Å². The van der Waals surface area contributed by atoms with Gasteiger partial charge < -0.3 is 38.8 Å². The highest BCUT2D eigenvalue weighted by atomic mass is 35.6. The molecule has 2 N–H and O–H groups in total. The van der Waals surface area contributed by atoms with E-state index in [9.17, 15) is 29.1 Å². The van der Waals surface area contributed by atoms with Crippen LogP contribution >= 0.6 is 34.8 Å². The number of amides is 1. The van der Waals surface area contributed by atoms with Gasteiger partial charge in [-0.15, -0.1) is 0 Å². The van der Waals surface area contributed by atoms with E-state index in [1.165, 1.54) is 6.92 Å². The summed E-state index contributed by atoms with van der Waals surface area (Å²) in [5.41, 5.74) is -4.62. The van der Waals surface area contributed by atoms with E-state index in [1.807, 2.05) is 0 Å². The molecule has 16 heteroatoms. The first-order valence-electron chi connectivity index (χ1n) is 11.4. The lowest BCUT2D eigenvalue weighted by molar-refractivity contribution is -0.307. The van der Waals surface area contributed by atoms with Gasteiger partial charge in [-0.25, -0.2) is 4.79 Å². The number of esters is 4. The molecular weight excluding hydrogens is 577 g/mol. The monoisotopic (exact) mass is 603 g/mol. The van der Waals surface area contributed by atoms with Crippen molar-refractivity contribution in [3.8, 4) is 0 Å². The number of carbonyl (C=O) groups excluding carboxylic acids is 5.